The van der Waals surface area contributed by atoms with E-state index in [1.807, 2.05) is 36.4 Å². The van der Waals surface area contributed by atoms with Gasteiger partial charge >= 0.3 is 0 Å². The molecule has 3 nitrogen and oxygen atoms in total. The molecule has 1 heterocycles. The topological polar surface area (TPSA) is 24.5 Å². The molecule has 3 aromatic carbocycles. The van der Waals surface area contributed by atoms with Gasteiger partial charge in [0.05, 0.1) is 10.7 Å². The van der Waals surface area contributed by atoms with E-state index in [0.717, 1.165) is 40.8 Å². The van der Waals surface area contributed by atoms with Crippen LogP contribution in [0.4, 0.5) is 15.8 Å². The molecule has 0 aromatic heterocycles. The Labute approximate surface area is 182 Å². The van der Waals surface area contributed by atoms with Crippen molar-refractivity contribution < 1.29 is 9.13 Å². The molecule has 5 heteroatoms. The molecule has 1 N–H and O–H groups in total. The van der Waals surface area contributed by atoms with Crippen LogP contribution in [0, 0.1) is 5.82 Å². The molecule has 4 rings (SSSR count). The molecule has 0 spiro atoms. The monoisotopic (exact) mass is 424 g/mol. The Morgan fingerprint density at radius 2 is 1.63 bits per heavy atom. The van der Waals surface area contributed by atoms with Crippen molar-refractivity contribution in [2.24, 2.45) is 0 Å². The number of nitrogens with zero attached hydrogens (tertiary/aromatic N) is 1. The van der Waals surface area contributed by atoms with Crippen molar-refractivity contribution in [1.29, 1.82) is 0 Å². The zero-order valence-corrected chi connectivity index (χ0v) is 17.7. The number of hydrogen-bond donors (Lipinski definition) is 1. The van der Waals surface area contributed by atoms with Crippen LogP contribution in [0.3, 0.4) is 0 Å². The van der Waals surface area contributed by atoms with E-state index in [1.54, 1.807) is 12.1 Å². The van der Waals surface area contributed by atoms with Crippen molar-refractivity contribution >= 4 is 23.0 Å². The number of benzene rings is 3. The maximum Gasteiger partial charge on any atom is 0.129 e. The van der Waals surface area contributed by atoms with Crippen molar-refractivity contribution in [3.05, 3.63) is 88.7 Å². The average molecular weight is 425 g/mol. The van der Waals surface area contributed by atoms with Crippen LogP contribution in [0.15, 0.2) is 66.7 Å². The Morgan fingerprint density at radius 3 is 2.40 bits per heavy atom. The van der Waals surface area contributed by atoms with Crippen molar-refractivity contribution in [2.75, 3.05) is 23.3 Å². The highest BCUT2D eigenvalue weighted by atomic mass is 35.5. The smallest absolute Gasteiger partial charge is 0.129 e. The lowest BCUT2D eigenvalue weighted by Crippen LogP contribution is -2.29. The van der Waals surface area contributed by atoms with Crippen LogP contribution in [0.1, 0.15) is 30.4 Å². The van der Waals surface area contributed by atoms with Crippen molar-refractivity contribution in [3.8, 4) is 5.75 Å². The fourth-order valence-electron chi connectivity index (χ4n) is 3.77. The molecule has 1 fully saturated rings. The number of hydrogen-bond acceptors (Lipinski definition) is 3. The van der Waals surface area contributed by atoms with E-state index in [0.29, 0.717) is 12.1 Å². The minimum atomic E-state index is -0.253. The molecular weight excluding hydrogens is 399 g/mol. The van der Waals surface area contributed by atoms with Gasteiger partial charge in [-0.1, -0.05) is 48.0 Å². The third-order valence-electron chi connectivity index (χ3n) is 5.44. The normalized spacial score (nSPS) is 13.9. The molecule has 0 saturated carbocycles. The summed E-state index contributed by atoms with van der Waals surface area (Å²) in [5, 5.41) is 4.19. The molecular formula is C25H26ClFN2O. The molecule has 0 amide bonds. The van der Waals surface area contributed by atoms with Crippen LogP contribution < -0.4 is 15.0 Å². The van der Waals surface area contributed by atoms with Crippen LogP contribution in [-0.2, 0) is 13.2 Å². The van der Waals surface area contributed by atoms with Gasteiger partial charge in [0.15, 0.2) is 0 Å². The van der Waals surface area contributed by atoms with Gasteiger partial charge in [-0.2, -0.15) is 0 Å². The molecule has 0 aliphatic carbocycles. The van der Waals surface area contributed by atoms with Crippen molar-refractivity contribution in [3.63, 3.8) is 0 Å². The van der Waals surface area contributed by atoms with Gasteiger partial charge in [0.25, 0.3) is 0 Å². The van der Waals surface area contributed by atoms with Gasteiger partial charge in [-0.15, -0.1) is 0 Å². The van der Waals surface area contributed by atoms with Gasteiger partial charge in [-0.3, -0.25) is 0 Å². The maximum absolute atomic E-state index is 13.9. The van der Waals surface area contributed by atoms with Crippen LogP contribution in [0.2, 0.25) is 5.02 Å². The second-order valence-electron chi connectivity index (χ2n) is 7.56. The van der Waals surface area contributed by atoms with Crippen molar-refractivity contribution in [1.82, 2.24) is 0 Å². The summed E-state index contributed by atoms with van der Waals surface area (Å²) < 4.78 is 19.8. The second kappa shape index (κ2) is 9.86. The number of nitrogens with one attached hydrogen (secondary N) is 1. The zero-order valence-electron chi connectivity index (χ0n) is 16.9. The third kappa shape index (κ3) is 5.06. The molecule has 0 atom stereocenters. The van der Waals surface area contributed by atoms with E-state index in [4.69, 9.17) is 16.3 Å². The van der Waals surface area contributed by atoms with Crippen LogP contribution >= 0.6 is 11.6 Å². The summed E-state index contributed by atoms with van der Waals surface area (Å²) in [5.74, 6) is 0.487. The van der Waals surface area contributed by atoms with Gasteiger partial charge in [-0.05, 0) is 49.6 Å². The number of anilines is 2. The molecule has 0 unspecified atom stereocenters. The first kappa shape index (κ1) is 20.5. The number of piperidine rings is 1. The summed E-state index contributed by atoms with van der Waals surface area (Å²) >= 11 is 6.57. The number of ether oxygens (including phenoxy) is 1. The van der Waals surface area contributed by atoms with E-state index < -0.39 is 0 Å². The van der Waals surface area contributed by atoms with E-state index in [1.165, 1.54) is 25.3 Å². The highest BCUT2D eigenvalue weighted by Gasteiger charge is 2.14. The second-order valence-corrected chi connectivity index (χ2v) is 7.96. The van der Waals surface area contributed by atoms with Gasteiger partial charge in [0.2, 0.25) is 0 Å². The lowest BCUT2D eigenvalue weighted by Gasteiger charge is -2.29. The quantitative estimate of drug-likeness (QED) is 0.459. The molecule has 0 bridgehead atoms. The van der Waals surface area contributed by atoms with Gasteiger partial charge in [0.1, 0.15) is 18.2 Å². The Morgan fingerprint density at radius 1 is 0.900 bits per heavy atom. The van der Waals surface area contributed by atoms with Crippen molar-refractivity contribution in [2.45, 2.75) is 32.4 Å². The Balaban J connectivity index is 1.40. The third-order valence-corrected chi connectivity index (χ3v) is 5.74. The van der Waals surface area contributed by atoms with Crippen LogP contribution in [-0.4, -0.2) is 13.1 Å². The Hall–Kier alpha value is -2.72. The van der Waals surface area contributed by atoms with E-state index in [9.17, 15) is 4.39 Å². The molecule has 30 heavy (non-hydrogen) atoms. The summed E-state index contributed by atoms with van der Waals surface area (Å²) in [4.78, 5) is 2.36. The summed E-state index contributed by atoms with van der Waals surface area (Å²) in [6, 6.07) is 20.6. The average Bonchev–Trinajstić information content (AvgIpc) is 2.78. The van der Waals surface area contributed by atoms with Gasteiger partial charge in [0, 0.05) is 36.4 Å². The van der Waals surface area contributed by atoms with E-state index in [2.05, 4.69) is 22.3 Å². The lowest BCUT2D eigenvalue weighted by atomic mass is 10.1. The minimum Gasteiger partial charge on any atom is -0.488 e. The standard InChI is InChI=1S/C25H26ClFN2O/c26-22-16-21(12-13-24(22)29-14-6-1-7-15-29)28-17-19-8-3-5-11-25(19)30-18-20-9-2-4-10-23(20)27/h2-5,8-13,16,28H,1,6-7,14-15,17-18H2. The summed E-state index contributed by atoms with van der Waals surface area (Å²) in [7, 11) is 0. The predicted molar refractivity (Wildman–Crippen MR) is 122 cm³/mol. The predicted octanol–water partition coefficient (Wildman–Crippen LogP) is 6.66. The first-order valence-corrected chi connectivity index (χ1v) is 10.8. The van der Waals surface area contributed by atoms with E-state index >= 15 is 0 Å². The number of para-hydroxylation sites is 1. The molecule has 1 saturated heterocycles. The minimum absolute atomic E-state index is 0.194. The van der Waals surface area contributed by atoms with E-state index in [-0.39, 0.29) is 12.4 Å². The first-order chi connectivity index (χ1) is 14.7. The van der Waals surface area contributed by atoms with Gasteiger partial charge < -0.3 is 15.0 Å². The largest absolute Gasteiger partial charge is 0.488 e. The van der Waals surface area contributed by atoms with Crippen LogP contribution in [0.5, 0.6) is 5.75 Å². The Bertz CT molecular complexity index is 988. The first-order valence-electron chi connectivity index (χ1n) is 10.4. The molecule has 1 aliphatic rings. The summed E-state index contributed by atoms with van der Waals surface area (Å²) in [5.41, 5.74) is 3.62. The molecule has 0 radical (unpaired) electrons. The molecule has 1 aliphatic heterocycles. The lowest BCUT2D eigenvalue weighted by molar-refractivity contribution is 0.297. The fraction of sp³-hybridized carbons (Fsp3) is 0.280. The summed E-state index contributed by atoms with van der Waals surface area (Å²) in [6.07, 6.45) is 3.74. The number of rotatable bonds is 7. The number of halogens is 2. The van der Waals surface area contributed by atoms with Crippen LogP contribution in [0.25, 0.3) is 0 Å². The Kier molecular flexibility index (Phi) is 6.75. The summed E-state index contributed by atoms with van der Waals surface area (Å²) in [6.45, 7) is 2.92. The SMILES string of the molecule is Fc1ccccc1COc1ccccc1CNc1ccc(N2CCCCC2)c(Cl)c1. The molecule has 3 aromatic rings. The maximum atomic E-state index is 13.9. The molecule has 156 valence electrons. The van der Waals surface area contributed by atoms with Gasteiger partial charge in [-0.25, -0.2) is 4.39 Å². The zero-order chi connectivity index (χ0) is 20.8. The fourth-order valence-corrected chi connectivity index (χ4v) is 4.07. The highest BCUT2D eigenvalue weighted by molar-refractivity contribution is 6.33. The highest BCUT2D eigenvalue weighted by Crippen LogP contribution is 2.31.